The third-order valence-electron chi connectivity index (χ3n) is 5.54. The number of nitrogens with zero attached hydrogens (tertiary/aromatic N) is 2. The van der Waals surface area contributed by atoms with Gasteiger partial charge in [0.05, 0.1) is 0 Å². The van der Waals surface area contributed by atoms with Gasteiger partial charge < -0.3 is 20.1 Å². The fourth-order valence-corrected chi connectivity index (χ4v) is 3.74. The smallest absolute Gasteiger partial charge is 0.270 e. The standard InChI is InChI=1S/C24H26N4O2/c1-2-27-12-14-28(15-13-27)24(30)22(26-23(29)18-8-4-3-5-9-18)16-19-17-25-21-11-7-6-10-20(19)21/h3-11,16-17,25H,2,12-15H2,1H3,(H,26,29). The molecule has 1 aliphatic rings. The molecule has 1 aromatic heterocycles. The summed E-state index contributed by atoms with van der Waals surface area (Å²) < 4.78 is 0. The number of hydrogen-bond acceptors (Lipinski definition) is 3. The molecule has 30 heavy (non-hydrogen) atoms. The maximum Gasteiger partial charge on any atom is 0.270 e. The van der Waals surface area contributed by atoms with Crippen LogP contribution in [-0.4, -0.2) is 59.3 Å². The lowest BCUT2D eigenvalue weighted by Gasteiger charge is -2.34. The van der Waals surface area contributed by atoms with Gasteiger partial charge >= 0.3 is 0 Å². The zero-order valence-electron chi connectivity index (χ0n) is 17.1. The number of carbonyl (C=O) groups is 2. The Labute approximate surface area is 176 Å². The minimum absolute atomic E-state index is 0.152. The van der Waals surface area contributed by atoms with Gasteiger partial charge in [0.15, 0.2) is 0 Å². The van der Waals surface area contributed by atoms with Crippen LogP contribution in [0.3, 0.4) is 0 Å². The lowest BCUT2D eigenvalue weighted by atomic mass is 10.1. The van der Waals surface area contributed by atoms with Crippen molar-refractivity contribution in [1.29, 1.82) is 0 Å². The van der Waals surface area contributed by atoms with Crippen molar-refractivity contribution >= 4 is 28.8 Å². The Bertz CT molecular complexity index is 1060. The van der Waals surface area contributed by atoms with E-state index in [4.69, 9.17) is 0 Å². The summed E-state index contributed by atoms with van der Waals surface area (Å²) in [6.07, 6.45) is 3.63. The van der Waals surface area contributed by atoms with Crippen molar-refractivity contribution in [2.75, 3.05) is 32.7 Å². The predicted molar refractivity (Wildman–Crippen MR) is 119 cm³/mol. The Hall–Kier alpha value is -3.38. The van der Waals surface area contributed by atoms with E-state index in [-0.39, 0.29) is 11.8 Å². The summed E-state index contributed by atoms with van der Waals surface area (Å²) in [6.45, 7) is 6.09. The molecule has 3 aromatic rings. The molecule has 2 N–H and O–H groups in total. The molecule has 0 saturated carbocycles. The second-order valence-corrected chi connectivity index (χ2v) is 7.39. The molecule has 1 fully saturated rings. The number of H-pyrrole nitrogens is 1. The Morgan fingerprint density at radius 2 is 1.70 bits per heavy atom. The highest BCUT2D eigenvalue weighted by atomic mass is 16.2. The van der Waals surface area contributed by atoms with Crippen molar-refractivity contribution in [1.82, 2.24) is 20.1 Å². The second-order valence-electron chi connectivity index (χ2n) is 7.39. The average Bonchev–Trinajstić information content (AvgIpc) is 3.21. The third kappa shape index (κ3) is 4.28. The van der Waals surface area contributed by atoms with Crippen LogP contribution in [0.15, 0.2) is 66.5 Å². The van der Waals surface area contributed by atoms with Crippen molar-refractivity contribution < 1.29 is 9.59 Å². The molecule has 0 spiro atoms. The van der Waals surface area contributed by atoms with E-state index in [1.807, 2.05) is 53.6 Å². The number of aromatic amines is 1. The summed E-state index contributed by atoms with van der Waals surface area (Å²) in [6, 6.07) is 16.9. The maximum atomic E-state index is 13.3. The van der Waals surface area contributed by atoms with E-state index in [0.717, 1.165) is 36.1 Å². The molecule has 154 valence electrons. The van der Waals surface area contributed by atoms with Crippen molar-refractivity contribution in [3.8, 4) is 0 Å². The summed E-state index contributed by atoms with van der Waals surface area (Å²) in [5.41, 5.74) is 2.67. The minimum Gasteiger partial charge on any atom is -0.361 e. The van der Waals surface area contributed by atoms with Gasteiger partial charge in [0.2, 0.25) is 0 Å². The van der Waals surface area contributed by atoms with Crippen LogP contribution in [0.4, 0.5) is 0 Å². The van der Waals surface area contributed by atoms with Crippen LogP contribution in [-0.2, 0) is 4.79 Å². The SMILES string of the molecule is CCN1CCN(C(=O)C(=Cc2c[nH]c3ccccc23)NC(=O)c2ccccc2)CC1. The van der Waals surface area contributed by atoms with Gasteiger partial charge in [-0.2, -0.15) is 0 Å². The predicted octanol–water partition coefficient (Wildman–Crippen LogP) is 3.10. The molecule has 0 radical (unpaired) electrons. The molecule has 0 bridgehead atoms. The molecule has 6 nitrogen and oxygen atoms in total. The van der Waals surface area contributed by atoms with Crippen molar-refractivity contribution in [3.63, 3.8) is 0 Å². The van der Waals surface area contributed by atoms with Gasteiger partial charge in [-0.15, -0.1) is 0 Å². The molecule has 4 rings (SSSR count). The molecule has 1 saturated heterocycles. The van der Waals surface area contributed by atoms with Crippen molar-refractivity contribution in [2.24, 2.45) is 0 Å². The number of amides is 2. The quantitative estimate of drug-likeness (QED) is 0.645. The number of piperazine rings is 1. The number of carbonyl (C=O) groups excluding carboxylic acids is 2. The van der Waals surface area contributed by atoms with E-state index in [1.165, 1.54) is 0 Å². The first-order chi connectivity index (χ1) is 14.7. The van der Waals surface area contributed by atoms with Gasteiger partial charge in [-0.3, -0.25) is 9.59 Å². The van der Waals surface area contributed by atoms with E-state index in [0.29, 0.717) is 24.4 Å². The zero-order chi connectivity index (χ0) is 20.9. The number of benzene rings is 2. The zero-order valence-corrected chi connectivity index (χ0v) is 17.1. The number of likely N-dealkylation sites (N-methyl/N-ethyl adjacent to an activating group) is 1. The molecular formula is C24H26N4O2. The van der Waals surface area contributed by atoms with E-state index < -0.39 is 0 Å². The van der Waals surface area contributed by atoms with Crippen LogP contribution < -0.4 is 5.32 Å². The largest absolute Gasteiger partial charge is 0.361 e. The van der Waals surface area contributed by atoms with Crippen LogP contribution in [0.25, 0.3) is 17.0 Å². The van der Waals surface area contributed by atoms with Crippen LogP contribution in [0.2, 0.25) is 0 Å². The van der Waals surface area contributed by atoms with Gasteiger partial charge in [-0.25, -0.2) is 0 Å². The maximum absolute atomic E-state index is 13.3. The molecule has 0 aliphatic carbocycles. The summed E-state index contributed by atoms with van der Waals surface area (Å²) in [5.74, 6) is -0.442. The van der Waals surface area contributed by atoms with Gasteiger partial charge in [0.1, 0.15) is 5.70 Å². The first kappa shape index (κ1) is 19.9. The highest BCUT2D eigenvalue weighted by Gasteiger charge is 2.24. The molecular weight excluding hydrogens is 376 g/mol. The topological polar surface area (TPSA) is 68.4 Å². The van der Waals surface area contributed by atoms with Crippen LogP contribution in [0.1, 0.15) is 22.8 Å². The Kier molecular flexibility index (Phi) is 5.95. The number of hydrogen-bond donors (Lipinski definition) is 2. The minimum atomic E-state index is -0.290. The Balaban J connectivity index is 1.64. The van der Waals surface area contributed by atoms with Gasteiger partial charge in [-0.1, -0.05) is 43.3 Å². The van der Waals surface area contributed by atoms with Crippen LogP contribution in [0, 0.1) is 0 Å². The van der Waals surface area contributed by atoms with Gasteiger partial charge in [0, 0.05) is 54.4 Å². The Morgan fingerprint density at radius 3 is 2.43 bits per heavy atom. The van der Waals surface area contributed by atoms with E-state index in [1.54, 1.807) is 18.2 Å². The summed E-state index contributed by atoms with van der Waals surface area (Å²) in [4.78, 5) is 33.5. The second kappa shape index (κ2) is 8.97. The van der Waals surface area contributed by atoms with E-state index in [2.05, 4.69) is 22.1 Å². The normalized spacial score (nSPS) is 15.4. The van der Waals surface area contributed by atoms with Gasteiger partial charge in [-0.05, 0) is 30.8 Å². The number of para-hydroxylation sites is 1. The lowest BCUT2D eigenvalue weighted by molar-refractivity contribution is -0.129. The average molecular weight is 402 g/mol. The van der Waals surface area contributed by atoms with Crippen LogP contribution >= 0.6 is 0 Å². The highest BCUT2D eigenvalue weighted by molar-refractivity contribution is 6.06. The summed E-state index contributed by atoms with van der Waals surface area (Å²) in [5, 5.41) is 3.87. The fraction of sp³-hybridized carbons (Fsp3) is 0.250. The molecule has 6 heteroatoms. The first-order valence-electron chi connectivity index (χ1n) is 10.3. The monoisotopic (exact) mass is 402 g/mol. The molecule has 2 aromatic carbocycles. The molecule has 2 heterocycles. The van der Waals surface area contributed by atoms with Crippen molar-refractivity contribution in [2.45, 2.75) is 6.92 Å². The number of rotatable bonds is 5. The van der Waals surface area contributed by atoms with Crippen LogP contribution in [0.5, 0.6) is 0 Å². The molecule has 0 unspecified atom stereocenters. The van der Waals surface area contributed by atoms with Crippen molar-refractivity contribution in [3.05, 3.63) is 77.6 Å². The molecule has 0 atom stereocenters. The first-order valence-corrected chi connectivity index (χ1v) is 10.3. The number of nitrogens with one attached hydrogen (secondary N) is 2. The van der Waals surface area contributed by atoms with E-state index >= 15 is 0 Å². The van der Waals surface area contributed by atoms with Gasteiger partial charge in [0.25, 0.3) is 11.8 Å². The highest BCUT2D eigenvalue weighted by Crippen LogP contribution is 2.21. The van der Waals surface area contributed by atoms with E-state index in [9.17, 15) is 9.59 Å². The number of fused-ring (bicyclic) bond motifs is 1. The summed E-state index contributed by atoms with van der Waals surface area (Å²) >= 11 is 0. The molecule has 1 aliphatic heterocycles. The number of aromatic nitrogens is 1. The third-order valence-corrected chi connectivity index (χ3v) is 5.54. The summed E-state index contributed by atoms with van der Waals surface area (Å²) in [7, 11) is 0. The fourth-order valence-electron chi connectivity index (χ4n) is 3.74. The Morgan fingerprint density at radius 1 is 1.00 bits per heavy atom. The lowest BCUT2D eigenvalue weighted by Crippen LogP contribution is -2.50. The molecule has 2 amide bonds.